The summed E-state index contributed by atoms with van der Waals surface area (Å²) >= 11 is 0. The van der Waals surface area contributed by atoms with Crippen molar-refractivity contribution >= 4 is 17.5 Å². The van der Waals surface area contributed by atoms with E-state index in [0.717, 1.165) is 24.2 Å². The maximum absolute atomic E-state index is 12.3. The van der Waals surface area contributed by atoms with Gasteiger partial charge in [0.05, 0.1) is 12.6 Å². The normalized spacial score (nSPS) is 11.6. The van der Waals surface area contributed by atoms with Crippen molar-refractivity contribution < 1.29 is 9.59 Å². The Kier molecular flexibility index (Phi) is 8.48. The number of rotatable bonds is 10. The SMILES string of the molecule is CCNCc1ccc(NC(=O)CNC(=O)[C@H](Cc2ccccc2)NC)cc1. The van der Waals surface area contributed by atoms with Crippen LogP contribution < -0.4 is 21.3 Å². The summed E-state index contributed by atoms with van der Waals surface area (Å²) in [4.78, 5) is 24.4. The summed E-state index contributed by atoms with van der Waals surface area (Å²) in [6.07, 6.45) is 0.568. The van der Waals surface area contributed by atoms with Crippen LogP contribution in [0.5, 0.6) is 0 Å². The van der Waals surface area contributed by atoms with Crippen LogP contribution in [-0.4, -0.2) is 38.0 Å². The first-order valence-corrected chi connectivity index (χ1v) is 9.20. The van der Waals surface area contributed by atoms with Gasteiger partial charge in [-0.15, -0.1) is 0 Å². The van der Waals surface area contributed by atoms with Gasteiger partial charge in [0.25, 0.3) is 0 Å². The standard InChI is InChI=1S/C21H28N4O2/c1-3-23-14-17-9-11-18(12-10-17)25-20(26)15-24-21(27)19(22-2)13-16-7-5-4-6-8-16/h4-12,19,22-23H,3,13-15H2,1-2H3,(H,24,27)(H,25,26)/t19-/m0/s1. The van der Waals surface area contributed by atoms with Gasteiger partial charge in [-0.25, -0.2) is 0 Å². The van der Waals surface area contributed by atoms with Crippen LogP contribution in [0.2, 0.25) is 0 Å². The molecule has 2 aromatic rings. The molecule has 0 aliphatic rings. The van der Waals surface area contributed by atoms with E-state index >= 15 is 0 Å². The summed E-state index contributed by atoms with van der Waals surface area (Å²) in [5.41, 5.74) is 2.93. The molecule has 0 fully saturated rings. The monoisotopic (exact) mass is 368 g/mol. The van der Waals surface area contributed by atoms with E-state index in [9.17, 15) is 9.59 Å². The molecule has 1 atom stereocenters. The smallest absolute Gasteiger partial charge is 0.243 e. The summed E-state index contributed by atoms with van der Waals surface area (Å²) in [7, 11) is 1.74. The number of benzene rings is 2. The Morgan fingerprint density at radius 3 is 2.30 bits per heavy atom. The van der Waals surface area contributed by atoms with Crippen molar-refractivity contribution in [2.24, 2.45) is 0 Å². The minimum absolute atomic E-state index is 0.0645. The number of nitrogens with one attached hydrogen (secondary N) is 4. The first kappa shape index (κ1) is 20.6. The molecule has 0 radical (unpaired) electrons. The van der Waals surface area contributed by atoms with Crippen molar-refractivity contribution in [1.82, 2.24) is 16.0 Å². The van der Waals surface area contributed by atoms with Crippen molar-refractivity contribution in [3.63, 3.8) is 0 Å². The molecule has 0 spiro atoms. The van der Waals surface area contributed by atoms with Crippen molar-refractivity contribution in [1.29, 1.82) is 0 Å². The molecular weight excluding hydrogens is 340 g/mol. The van der Waals surface area contributed by atoms with Crippen LogP contribution >= 0.6 is 0 Å². The first-order valence-electron chi connectivity index (χ1n) is 9.20. The van der Waals surface area contributed by atoms with Gasteiger partial charge in [0.1, 0.15) is 0 Å². The molecule has 0 bridgehead atoms. The molecule has 27 heavy (non-hydrogen) atoms. The van der Waals surface area contributed by atoms with E-state index in [4.69, 9.17) is 0 Å². The number of likely N-dealkylation sites (N-methyl/N-ethyl adjacent to an activating group) is 1. The maximum Gasteiger partial charge on any atom is 0.243 e. The molecule has 0 saturated carbocycles. The number of anilines is 1. The zero-order valence-corrected chi connectivity index (χ0v) is 15.9. The molecule has 2 rings (SSSR count). The van der Waals surface area contributed by atoms with E-state index in [1.807, 2.05) is 54.6 Å². The van der Waals surface area contributed by atoms with Gasteiger partial charge in [0.15, 0.2) is 0 Å². The highest BCUT2D eigenvalue weighted by Gasteiger charge is 2.17. The molecule has 0 aliphatic heterocycles. The van der Waals surface area contributed by atoms with Crippen LogP contribution in [0.15, 0.2) is 54.6 Å². The van der Waals surface area contributed by atoms with Crippen molar-refractivity contribution in [3.8, 4) is 0 Å². The third kappa shape index (κ3) is 7.21. The van der Waals surface area contributed by atoms with Crippen LogP contribution in [0.25, 0.3) is 0 Å². The Hall–Kier alpha value is -2.70. The van der Waals surface area contributed by atoms with Gasteiger partial charge in [-0.2, -0.15) is 0 Å². The van der Waals surface area contributed by atoms with Crippen LogP contribution in [0.3, 0.4) is 0 Å². The van der Waals surface area contributed by atoms with Crippen LogP contribution in [0, 0.1) is 0 Å². The van der Waals surface area contributed by atoms with E-state index in [-0.39, 0.29) is 24.4 Å². The summed E-state index contributed by atoms with van der Waals surface area (Å²) in [6, 6.07) is 17.0. The molecule has 144 valence electrons. The highest BCUT2D eigenvalue weighted by Crippen LogP contribution is 2.09. The maximum atomic E-state index is 12.3. The van der Waals surface area contributed by atoms with Gasteiger partial charge in [-0.05, 0) is 43.3 Å². The molecule has 2 aromatic carbocycles. The van der Waals surface area contributed by atoms with E-state index < -0.39 is 0 Å². The molecule has 4 N–H and O–H groups in total. The number of carbonyl (C=O) groups excluding carboxylic acids is 2. The lowest BCUT2D eigenvalue weighted by Crippen LogP contribution is -2.46. The van der Waals surface area contributed by atoms with Crippen LogP contribution in [0.1, 0.15) is 18.1 Å². The highest BCUT2D eigenvalue weighted by atomic mass is 16.2. The summed E-state index contributed by atoms with van der Waals surface area (Å²) in [5.74, 6) is -0.449. The quantitative estimate of drug-likeness (QED) is 0.514. The lowest BCUT2D eigenvalue weighted by molar-refractivity contribution is -0.125. The van der Waals surface area contributed by atoms with Gasteiger partial charge >= 0.3 is 0 Å². The first-order chi connectivity index (χ1) is 13.1. The number of carbonyl (C=O) groups is 2. The molecule has 6 nitrogen and oxygen atoms in total. The summed E-state index contributed by atoms with van der Waals surface area (Å²) < 4.78 is 0. The van der Waals surface area contributed by atoms with E-state index in [0.29, 0.717) is 12.1 Å². The van der Waals surface area contributed by atoms with Crippen molar-refractivity contribution in [2.75, 3.05) is 25.5 Å². The fourth-order valence-electron chi connectivity index (χ4n) is 2.65. The molecular formula is C21H28N4O2. The minimum Gasteiger partial charge on any atom is -0.346 e. The number of amides is 2. The van der Waals surface area contributed by atoms with E-state index in [1.165, 1.54) is 0 Å². The predicted octanol–water partition coefficient (Wildman–Crippen LogP) is 1.68. The number of hydrogen-bond acceptors (Lipinski definition) is 4. The average Bonchev–Trinajstić information content (AvgIpc) is 2.70. The zero-order chi connectivity index (χ0) is 19.5. The second kappa shape index (κ2) is 11.1. The molecule has 0 heterocycles. The predicted molar refractivity (Wildman–Crippen MR) is 108 cm³/mol. The molecule has 0 unspecified atom stereocenters. The van der Waals surface area contributed by atoms with E-state index in [1.54, 1.807) is 7.05 Å². The van der Waals surface area contributed by atoms with Gasteiger partial charge in [0, 0.05) is 12.2 Å². The van der Waals surface area contributed by atoms with Crippen LogP contribution in [0.4, 0.5) is 5.69 Å². The lowest BCUT2D eigenvalue weighted by atomic mass is 10.1. The highest BCUT2D eigenvalue weighted by molar-refractivity contribution is 5.95. The van der Waals surface area contributed by atoms with Crippen molar-refractivity contribution in [2.45, 2.75) is 25.9 Å². The second-order valence-electron chi connectivity index (χ2n) is 6.27. The Morgan fingerprint density at radius 2 is 1.67 bits per heavy atom. The molecule has 0 aliphatic carbocycles. The third-order valence-electron chi connectivity index (χ3n) is 4.19. The van der Waals surface area contributed by atoms with Gasteiger partial charge < -0.3 is 21.3 Å². The van der Waals surface area contributed by atoms with Crippen LogP contribution in [-0.2, 0) is 22.6 Å². The summed E-state index contributed by atoms with van der Waals surface area (Å²) in [5, 5.41) is 11.7. The fourth-order valence-corrected chi connectivity index (χ4v) is 2.65. The third-order valence-corrected chi connectivity index (χ3v) is 4.19. The topological polar surface area (TPSA) is 82.3 Å². The average molecular weight is 368 g/mol. The van der Waals surface area contributed by atoms with Gasteiger partial charge in [-0.1, -0.05) is 49.4 Å². The Bertz CT molecular complexity index is 717. The van der Waals surface area contributed by atoms with Gasteiger partial charge in [0.2, 0.25) is 11.8 Å². The minimum atomic E-state index is -0.384. The molecule has 0 saturated heterocycles. The summed E-state index contributed by atoms with van der Waals surface area (Å²) in [6.45, 7) is 3.70. The van der Waals surface area contributed by atoms with Gasteiger partial charge in [-0.3, -0.25) is 9.59 Å². The fraction of sp³-hybridized carbons (Fsp3) is 0.333. The zero-order valence-electron chi connectivity index (χ0n) is 15.9. The Morgan fingerprint density at radius 1 is 0.963 bits per heavy atom. The Labute approximate surface area is 160 Å². The lowest BCUT2D eigenvalue weighted by Gasteiger charge is -2.16. The molecule has 0 aromatic heterocycles. The number of hydrogen-bond donors (Lipinski definition) is 4. The Balaban J connectivity index is 1.78. The largest absolute Gasteiger partial charge is 0.346 e. The van der Waals surface area contributed by atoms with Crippen molar-refractivity contribution in [3.05, 3.63) is 65.7 Å². The molecule has 2 amide bonds. The second-order valence-corrected chi connectivity index (χ2v) is 6.27. The van der Waals surface area contributed by atoms with E-state index in [2.05, 4.69) is 28.2 Å². The molecule has 6 heteroatoms.